The van der Waals surface area contributed by atoms with Crippen molar-refractivity contribution in [2.24, 2.45) is 17.8 Å². The van der Waals surface area contributed by atoms with E-state index in [-0.39, 0.29) is 17.6 Å². The summed E-state index contributed by atoms with van der Waals surface area (Å²) in [5.74, 6) is 2.25. The van der Waals surface area contributed by atoms with Crippen LogP contribution in [0, 0.1) is 17.8 Å². The molecular formula is C16H21NO2. The van der Waals surface area contributed by atoms with E-state index in [9.17, 15) is 9.90 Å². The predicted molar refractivity (Wildman–Crippen MR) is 73.8 cm³/mol. The van der Waals surface area contributed by atoms with Gasteiger partial charge in [0.2, 0.25) is 5.91 Å². The largest absolute Gasteiger partial charge is 0.508 e. The fourth-order valence-corrected chi connectivity index (χ4v) is 3.74. The van der Waals surface area contributed by atoms with Crippen molar-refractivity contribution in [1.82, 2.24) is 5.32 Å². The first kappa shape index (κ1) is 12.5. The molecule has 2 fully saturated rings. The second kappa shape index (κ2) is 5.24. The highest BCUT2D eigenvalue weighted by Crippen LogP contribution is 2.48. The molecule has 0 unspecified atom stereocenters. The Bertz CT molecular complexity index is 472. The van der Waals surface area contributed by atoms with E-state index in [0.29, 0.717) is 12.5 Å². The Morgan fingerprint density at radius 3 is 2.89 bits per heavy atom. The van der Waals surface area contributed by atoms with Crippen molar-refractivity contribution in [3.63, 3.8) is 0 Å². The van der Waals surface area contributed by atoms with Gasteiger partial charge < -0.3 is 10.4 Å². The third-order valence-electron chi connectivity index (χ3n) is 4.70. The zero-order valence-electron chi connectivity index (χ0n) is 11.1. The van der Waals surface area contributed by atoms with E-state index < -0.39 is 0 Å². The molecule has 1 aromatic rings. The lowest BCUT2D eigenvalue weighted by Gasteiger charge is -2.20. The second-order valence-electron chi connectivity index (χ2n) is 5.99. The molecule has 19 heavy (non-hydrogen) atoms. The molecule has 0 heterocycles. The van der Waals surface area contributed by atoms with Gasteiger partial charge in [0.05, 0.1) is 0 Å². The normalized spacial score (nSPS) is 28.5. The summed E-state index contributed by atoms with van der Waals surface area (Å²) in [5.41, 5.74) is 1.06. The number of hydrogen-bond donors (Lipinski definition) is 2. The van der Waals surface area contributed by atoms with Crippen molar-refractivity contribution < 1.29 is 9.90 Å². The minimum Gasteiger partial charge on any atom is -0.508 e. The summed E-state index contributed by atoms with van der Waals surface area (Å²) in [6.07, 6.45) is 5.72. The molecule has 0 spiro atoms. The van der Waals surface area contributed by atoms with E-state index in [1.165, 1.54) is 19.3 Å². The van der Waals surface area contributed by atoms with Crippen LogP contribution in [0.3, 0.4) is 0 Å². The summed E-state index contributed by atoms with van der Waals surface area (Å²) in [6.45, 7) is 0.663. The van der Waals surface area contributed by atoms with Gasteiger partial charge in [-0.25, -0.2) is 0 Å². The monoisotopic (exact) mass is 259 g/mol. The summed E-state index contributed by atoms with van der Waals surface area (Å²) in [4.78, 5) is 12.1. The molecule has 0 aliphatic heterocycles. The SMILES string of the molecule is O=C(NCCc1cccc(O)c1)[C@@H]1C[C@H]2CC[C@H]1C2. The second-order valence-corrected chi connectivity index (χ2v) is 5.99. The number of fused-ring (bicyclic) bond motifs is 2. The summed E-state index contributed by atoms with van der Waals surface area (Å²) in [6, 6.07) is 7.23. The number of carbonyl (C=O) groups is 1. The highest BCUT2D eigenvalue weighted by atomic mass is 16.3. The lowest BCUT2D eigenvalue weighted by molar-refractivity contribution is -0.126. The summed E-state index contributed by atoms with van der Waals surface area (Å²) in [5, 5.41) is 12.4. The van der Waals surface area contributed by atoms with Crippen LogP contribution in [0.1, 0.15) is 31.2 Å². The van der Waals surface area contributed by atoms with Gasteiger partial charge in [-0.1, -0.05) is 18.6 Å². The smallest absolute Gasteiger partial charge is 0.223 e. The van der Waals surface area contributed by atoms with E-state index in [2.05, 4.69) is 5.32 Å². The third-order valence-corrected chi connectivity index (χ3v) is 4.70. The lowest BCUT2D eigenvalue weighted by Crippen LogP contribution is -2.34. The highest BCUT2D eigenvalue weighted by Gasteiger charge is 2.42. The lowest BCUT2D eigenvalue weighted by atomic mass is 9.88. The quantitative estimate of drug-likeness (QED) is 0.872. The van der Waals surface area contributed by atoms with Gasteiger partial charge in [0.25, 0.3) is 0 Å². The molecule has 1 amide bonds. The van der Waals surface area contributed by atoms with Gasteiger partial charge in [-0.2, -0.15) is 0 Å². The number of carbonyl (C=O) groups excluding carboxylic acids is 1. The van der Waals surface area contributed by atoms with Crippen LogP contribution in [0.2, 0.25) is 0 Å². The molecule has 3 rings (SSSR count). The number of hydrogen-bond acceptors (Lipinski definition) is 2. The fourth-order valence-electron chi connectivity index (χ4n) is 3.74. The Labute approximate surface area is 114 Å². The maximum atomic E-state index is 12.1. The van der Waals surface area contributed by atoms with Gasteiger partial charge >= 0.3 is 0 Å². The molecule has 1 aromatic carbocycles. The predicted octanol–water partition coefficient (Wildman–Crippen LogP) is 2.49. The number of phenols is 1. The highest BCUT2D eigenvalue weighted by molar-refractivity contribution is 5.79. The fraction of sp³-hybridized carbons (Fsp3) is 0.562. The zero-order valence-corrected chi connectivity index (χ0v) is 11.1. The van der Waals surface area contributed by atoms with Crippen LogP contribution in [0.5, 0.6) is 5.75 Å². The van der Waals surface area contributed by atoms with Crippen LogP contribution in [0.4, 0.5) is 0 Å². The van der Waals surface area contributed by atoms with Gasteiger partial charge in [0.15, 0.2) is 0 Å². The molecule has 102 valence electrons. The van der Waals surface area contributed by atoms with Gasteiger partial charge in [-0.15, -0.1) is 0 Å². The molecule has 2 aliphatic carbocycles. The van der Waals surface area contributed by atoms with Crippen LogP contribution in [0.15, 0.2) is 24.3 Å². The minimum atomic E-state index is 0.243. The number of phenolic OH excluding ortho intramolecular Hbond substituents is 1. The first-order chi connectivity index (χ1) is 9.22. The van der Waals surface area contributed by atoms with Gasteiger partial charge in [-0.05, 0) is 55.2 Å². The van der Waals surface area contributed by atoms with Crippen LogP contribution in [0.25, 0.3) is 0 Å². The Morgan fingerprint density at radius 1 is 1.32 bits per heavy atom. The van der Waals surface area contributed by atoms with Gasteiger partial charge in [-0.3, -0.25) is 4.79 Å². The van der Waals surface area contributed by atoms with E-state index >= 15 is 0 Å². The molecular weight excluding hydrogens is 238 g/mol. The molecule has 0 aromatic heterocycles. The Hall–Kier alpha value is -1.51. The number of aromatic hydroxyl groups is 1. The number of nitrogens with one attached hydrogen (secondary N) is 1. The number of benzene rings is 1. The standard InChI is InChI=1S/C16H21NO2/c18-14-3-1-2-11(9-14)6-7-17-16(19)15-10-12-4-5-13(15)8-12/h1-3,9,12-13,15,18H,4-8,10H2,(H,17,19)/t12-,13-,15+/m0/s1. The molecule has 0 saturated heterocycles. The van der Waals surface area contributed by atoms with Crippen LogP contribution >= 0.6 is 0 Å². The maximum absolute atomic E-state index is 12.1. The van der Waals surface area contributed by atoms with Gasteiger partial charge in [0.1, 0.15) is 5.75 Å². The van der Waals surface area contributed by atoms with Crippen LogP contribution < -0.4 is 5.32 Å². The molecule has 0 radical (unpaired) electrons. The van der Waals surface area contributed by atoms with Crippen molar-refractivity contribution in [3.05, 3.63) is 29.8 Å². The van der Waals surface area contributed by atoms with Crippen molar-refractivity contribution in [3.8, 4) is 5.75 Å². The van der Waals surface area contributed by atoms with Gasteiger partial charge in [0, 0.05) is 12.5 Å². The molecule has 2 bridgehead atoms. The van der Waals surface area contributed by atoms with Crippen LogP contribution in [-0.4, -0.2) is 17.6 Å². The van der Waals surface area contributed by atoms with Crippen molar-refractivity contribution in [2.75, 3.05) is 6.54 Å². The summed E-state index contributed by atoms with van der Waals surface area (Å²) < 4.78 is 0. The molecule has 3 nitrogen and oxygen atoms in total. The van der Waals surface area contributed by atoms with Crippen molar-refractivity contribution in [2.45, 2.75) is 32.1 Å². The zero-order chi connectivity index (χ0) is 13.2. The number of rotatable bonds is 4. The minimum absolute atomic E-state index is 0.243. The average molecular weight is 259 g/mol. The van der Waals surface area contributed by atoms with E-state index in [0.717, 1.165) is 24.3 Å². The average Bonchev–Trinajstić information content (AvgIpc) is 3.01. The molecule has 3 heteroatoms. The van der Waals surface area contributed by atoms with E-state index in [1.54, 1.807) is 12.1 Å². The summed E-state index contributed by atoms with van der Waals surface area (Å²) in [7, 11) is 0. The molecule has 2 aliphatic rings. The molecule has 2 saturated carbocycles. The molecule has 2 N–H and O–H groups in total. The van der Waals surface area contributed by atoms with E-state index in [4.69, 9.17) is 0 Å². The van der Waals surface area contributed by atoms with Crippen molar-refractivity contribution >= 4 is 5.91 Å². The van der Waals surface area contributed by atoms with E-state index in [1.807, 2.05) is 12.1 Å². The Balaban J connectivity index is 1.46. The molecule has 3 atom stereocenters. The topological polar surface area (TPSA) is 49.3 Å². The first-order valence-electron chi connectivity index (χ1n) is 7.28. The van der Waals surface area contributed by atoms with Crippen molar-refractivity contribution in [1.29, 1.82) is 0 Å². The third kappa shape index (κ3) is 2.75. The Morgan fingerprint density at radius 2 is 2.21 bits per heavy atom. The van der Waals surface area contributed by atoms with Crippen LogP contribution in [-0.2, 0) is 11.2 Å². The number of amides is 1. The summed E-state index contributed by atoms with van der Waals surface area (Å²) >= 11 is 0. The Kier molecular flexibility index (Phi) is 3.45. The maximum Gasteiger partial charge on any atom is 0.223 e. The first-order valence-corrected chi connectivity index (χ1v) is 7.28.